The number of hydrogen-bond donors (Lipinski definition) is 0. The Bertz CT molecular complexity index is 242. The van der Waals surface area contributed by atoms with E-state index in [4.69, 9.17) is 17.7 Å². The van der Waals surface area contributed by atoms with Gasteiger partial charge in [-0.2, -0.15) is 0 Å². The zero-order chi connectivity index (χ0) is 13.1. The molecule has 0 spiro atoms. The van der Waals surface area contributed by atoms with Crippen LogP contribution in [0.25, 0.3) is 0 Å². The minimum atomic E-state index is -1.91. The van der Waals surface area contributed by atoms with Crippen molar-refractivity contribution in [3.63, 3.8) is 0 Å². The minimum absolute atomic E-state index is 0.643. The molecule has 1 aliphatic carbocycles. The number of rotatable bonds is 8. The van der Waals surface area contributed by atoms with Crippen LogP contribution in [0.4, 0.5) is 0 Å². The van der Waals surface area contributed by atoms with Crippen molar-refractivity contribution < 1.29 is 17.7 Å². The van der Waals surface area contributed by atoms with E-state index in [-0.39, 0.29) is 0 Å². The summed E-state index contributed by atoms with van der Waals surface area (Å²) < 4.78 is 22.2. The van der Waals surface area contributed by atoms with Gasteiger partial charge in [-0.25, -0.2) is 0 Å². The van der Waals surface area contributed by atoms with Crippen molar-refractivity contribution in [1.82, 2.24) is 0 Å². The third kappa shape index (κ3) is 3.62. The topological polar surface area (TPSA) is 36.9 Å². The van der Waals surface area contributed by atoms with Gasteiger partial charge < -0.3 is 17.7 Å². The smallest absolute Gasteiger partial charge is 0.337 e. The first-order valence-electron chi connectivity index (χ1n) is 6.15. The molecular formula is C11H26O4Si2. The van der Waals surface area contributed by atoms with Crippen LogP contribution in [0.3, 0.4) is 0 Å². The lowest BCUT2D eigenvalue weighted by Crippen LogP contribution is -2.38. The van der Waals surface area contributed by atoms with Crippen LogP contribution in [-0.2, 0) is 17.7 Å². The van der Waals surface area contributed by atoms with E-state index in [0.717, 1.165) is 12.0 Å². The van der Waals surface area contributed by atoms with Crippen LogP contribution in [0.15, 0.2) is 0 Å². The molecule has 2 atom stereocenters. The van der Waals surface area contributed by atoms with Crippen LogP contribution >= 0.6 is 0 Å². The van der Waals surface area contributed by atoms with Gasteiger partial charge in [0, 0.05) is 34.0 Å². The first-order valence-corrected chi connectivity index (χ1v) is 11.1. The fourth-order valence-electron chi connectivity index (χ4n) is 2.33. The maximum atomic E-state index is 5.59. The van der Waals surface area contributed by atoms with Crippen molar-refractivity contribution in [3.05, 3.63) is 0 Å². The Morgan fingerprint density at radius 1 is 0.941 bits per heavy atom. The second-order valence-corrected chi connectivity index (χ2v) is 12.3. The highest BCUT2D eigenvalue weighted by Gasteiger charge is 2.54. The zero-order valence-electron chi connectivity index (χ0n) is 11.9. The van der Waals surface area contributed by atoms with E-state index in [9.17, 15) is 0 Å². The lowest BCUT2D eigenvalue weighted by molar-refractivity contribution is 0.242. The van der Waals surface area contributed by atoms with Gasteiger partial charge in [-0.1, -0.05) is 0 Å². The van der Waals surface area contributed by atoms with E-state index in [1.54, 1.807) is 28.4 Å². The Morgan fingerprint density at radius 2 is 1.47 bits per heavy atom. The van der Waals surface area contributed by atoms with Crippen LogP contribution in [0.2, 0.25) is 24.7 Å². The monoisotopic (exact) mass is 278 g/mol. The first-order chi connectivity index (χ1) is 7.94. The largest absolute Gasteiger partial charge is 0.398 e. The van der Waals surface area contributed by atoms with E-state index in [1.165, 1.54) is 12.8 Å². The lowest BCUT2D eigenvalue weighted by atomic mass is 10.3. The van der Waals surface area contributed by atoms with Crippen LogP contribution in [-0.4, -0.2) is 45.6 Å². The Kier molecular flexibility index (Phi) is 5.36. The molecule has 1 saturated carbocycles. The van der Waals surface area contributed by atoms with Gasteiger partial charge in [0.05, 0.1) is 0 Å². The average Bonchev–Trinajstić information content (AvgIpc) is 3.15. The Hall–Kier alpha value is 0.274. The van der Waals surface area contributed by atoms with E-state index in [0.29, 0.717) is 5.54 Å². The quantitative estimate of drug-likeness (QED) is 0.639. The highest BCUT2D eigenvalue weighted by molar-refractivity contribution is 6.68. The summed E-state index contributed by atoms with van der Waals surface area (Å²) in [6.45, 7) is 4.27. The second kappa shape index (κ2) is 5.94. The molecule has 0 heterocycles. The molecule has 0 bridgehead atoms. The van der Waals surface area contributed by atoms with Gasteiger partial charge >= 0.3 is 17.1 Å². The lowest BCUT2D eigenvalue weighted by Gasteiger charge is -2.25. The summed E-state index contributed by atoms with van der Waals surface area (Å²) in [6, 6.07) is 1.05. The molecule has 0 amide bonds. The summed E-state index contributed by atoms with van der Waals surface area (Å²) in [5, 5.41) is 0. The van der Waals surface area contributed by atoms with Crippen LogP contribution in [0.1, 0.15) is 12.8 Å². The molecule has 0 aromatic heterocycles. The third-order valence-electron chi connectivity index (χ3n) is 4.24. The molecule has 0 aromatic rings. The summed E-state index contributed by atoms with van der Waals surface area (Å²) in [5.41, 5.74) is 0.643. The standard InChI is InChI=1S/C11H26O4Si2/c1-12-16(5,13-2)8-7-10-9-11(10)17(6,14-3)15-4/h10-11H,7-9H2,1-6H3. The molecule has 4 nitrogen and oxygen atoms in total. The average molecular weight is 278 g/mol. The molecule has 1 aliphatic rings. The van der Waals surface area contributed by atoms with E-state index >= 15 is 0 Å². The van der Waals surface area contributed by atoms with Gasteiger partial charge in [0.25, 0.3) is 0 Å². The Labute approximate surface area is 107 Å². The molecule has 0 radical (unpaired) electrons. The summed E-state index contributed by atoms with van der Waals surface area (Å²) in [5.74, 6) is 0.740. The molecule has 102 valence electrons. The molecule has 0 aromatic carbocycles. The molecule has 2 unspecified atom stereocenters. The van der Waals surface area contributed by atoms with Gasteiger partial charge in [0.1, 0.15) is 0 Å². The predicted octanol–water partition coefficient (Wildman–Crippen LogP) is 2.50. The SMILES string of the molecule is CO[Si](C)(CCC1CC1[Si](C)(OC)OC)OC. The summed E-state index contributed by atoms with van der Waals surface area (Å²) in [7, 11) is 3.25. The van der Waals surface area contributed by atoms with Gasteiger partial charge in [0.2, 0.25) is 0 Å². The van der Waals surface area contributed by atoms with E-state index in [1.807, 2.05) is 0 Å². The fraction of sp³-hybridized carbons (Fsp3) is 1.00. The maximum Gasteiger partial charge on any atom is 0.337 e. The first kappa shape index (κ1) is 15.3. The summed E-state index contributed by atoms with van der Waals surface area (Å²) in [4.78, 5) is 0. The van der Waals surface area contributed by atoms with Crippen LogP contribution in [0.5, 0.6) is 0 Å². The van der Waals surface area contributed by atoms with Crippen molar-refractivity contribution in [2.45, 2.75) is 37.5 Å². The predicted molar refractivity (Wildman–Crippen MR) is 72.6 cm³/mol. The van der Waals surface area contributed by atoms with Gasteiger partial charge in [0.15, 0.2) is 0 Å². The van der Waals surface area contributed by atoms with Crippen molar-refractivity contribution in [1.29, 1.82) is 0 Å². The number of hydrogen-bond acceptors (Lipinski definition) is 4. The Balaban J connectivity index is 2.38. The molecule has 1 rings (SSSR count). The van der Waals surface area contributed by atoms with Crippen molar-refractivity contribution in [3.8, 4) is 0 Å². The molecular weight excluding hydrogens is 252 g/mol. The molecule has 0 saturated heterocycles. The summed E-state index contributed by atoms with van der Waals surface area (Å²) >= 11 is 0. The van der Waals surface area contributed by atoms with E-state index in [2.05, 4.69) is 13.1 Å². The van der Waals surface area contributed by atoms with Crippen LogP contribution in [0, 0.1) is 5.92 Å². The second-order valence-electron chi connectivity index (χ2n) is 5.11. The maximum absolute atomic E-state index is 5.59. The third-order valence-corrected chi connectivity index (χ3v) is 10.8. The fourth-order valence-corrected chi connectivity index (χ4v) is 6.33. The highest BCUT2D eigenvalue weighted by Crippen LogP contribution is 2.55. The summed E-state index contributed by atoms with van der Waals surface area (Å²) in [6.07, 6.45) is 2.41. The minimum Gasteiger partial charge on any atom is -0.398 e. The zero-order valence-corrected chi connectivity index (χ0v) is 13.9. The van der Waals surface area contributed by atoms with E-state index < -0.39 is 17.1 Å². The Morgan fingerprint density at radius 3 is 1.88 bits per heavy atom. The molecule has 0 aliphatic heterocycles. The van der Waals surface area contributed by atoms with Gasteiger partial charge in [-0.15, -0.1) is 0 Å². The van der Waals surface area contributed by atoms with Gasteiger partial charge in [-0.05, 0) is 37.9 Å². The molecule has 6 heteroatoms. The normalized spacial score (nSPS) is 25.1. The molecule has 0 N–H and O–H groups in total. The van der Waals surface area contributed by atoms with Crippen molar-refractivity contribution in [2.75, 3.05) is 28.4 Å². The van der Waals surface area contributed by atoms with Gasteiger partial charge in [-0.3, -0.25) is 0 Å². The molecule has 17 heavy (non-hydrogen) atoms. The van der Waals surface area contributed by atoms with Crippen LogP contribution < -0.4 is 0 Å². The van der Waals surface area contributed by atoms with Crippen molar-refractivity contribution in [2.24, 2.45) is 5.92 Å². The molecule has 1 fully saturated rings. The highest BCUT2D eigenvalue weighted by atomic mass is 28.4. The van der Waals surface area contributed by atoms with Crippen molar-refractivity contribution >= 4 is 17.1 Å².